The number of allylic oxidation sites excluding steroid dienone is 1. The van der Waals surface area contributed by atoms with Gasteiger partial charge in [-0.2, -0.15) is 57.1 Å². The van der Waals surface area contributed by atoms with Crippen LogP contribution >= 0.6 is 23.2 Å². The van der Waals surface area contributed by atoms with Gasteiger partial charge < -0.3 is 9.47 Å². The van der Waals surface area contributed by atoms with Crippen molar-refractivity contribution >= 4 is 23.2 Å². The van der Waals surface area contributed by atoms with Crippen LogP contribution in [0.4, 0.5) is 57.1 Å². The highest BCUT2D eigenvalue weighted by Gasteiger charge is 2.85. The highest BCUT2D eigenvalue weighted by molar-refractivity contribution is 6.30. The minimum absolute atomic E-state index is 0.221. The summed E-state index contributed by atoms with van der Waals surface area (Å²) in [5.41, 5.74) is -8.31. The quantitative estimate of drug-likeness (QED) is 0.322. The van der Waals surface area contributed by atoms with Crippen LogP contribution in [-0.4, -0.2) is 30.4 Å². The average Bonchev–Trinajstić information content (AvgIpc) is 3.09. The van der Waals surface area contributed by atoms with Crippen LogP contribution in [0, 0.1) is 0 Å². The fourth-order valence-corrected chi connectivity index (χ4v) is 3.81. The predicted octanol–water partition coefficient (Wildman–Crippen LogP) is 8.93. The molecular weight excluding hydrogens is 602 g/mol. The average molecular weight is 611 g/mol. The zero-order valence-electron chi connectivity index (χ0n) is 17.7. The number of hydrogen-bond donors (Lipinski definition) is 0. The zero-order valence-corrected chi connectivity index (χ0v) is 19.2. The molecule has 210 valence electrons. The van der Waals surface area contributed by atoms with Crippen LogP contribution < -0.4 is 0 Å². The van der Waals surface area contributed by atoms with Gasteiger partial charge in [0.1, 0.15) is 5.76 Å². The van der Waals surface area contributed by atoms with Crippen molar-refractivity contribution in [3.63, 3.8) is 0 Å². The van der Waals surface area contributed by atoms with Gasteiger partial charge in [0.25, 0.3) is 0 Å². The van der Waals surface area contributed by atoms with Crippen molar-refractivity contribution in [2.45, 2.75) is 41.8 Å². The molecule has 38 heavy (non-hydrogen) atoms. The number of hydrogen-bond acceptors (Lipinski definition) is 2. The van der Waals surface area contributed by atoms with E-state index < -0.39 is 64.7 Å². The molecule has 2 aromatic rings. The van der Waals surface area contributed by atoms with E-state index in [1.165, 1.54) is 0 Å². The summed E-state index contributed by atoms with van der Waals surface area (Å²) in [4.78, 5) is 0. The molecule has 0 bridgehead atoms. The van der Waals surface area contributed by atoms with Crippen molar-refractivity contribution in [2.75, 3.05) is 0 Å². The second-order valence-corrected chi connectivity index (χ2v) is 8.58. The topological polar surface area (TPSA) is 18.5 Å². The Morgan fingerprint density at radius 2 is 0.974 bits per heavy atom. The van der Waals surface area contributed by atoms with E-state index in [-0.39, 0.29) is 34.3 Å². The van der Waals surface area contributed by atoms with E-state index in [1.54, 1.807) is 0 Å². The highest BCUT2D eigenvalue weighted by Crippen LogP contribution is 2.66. The van der Waals surface area contributed by atoms with Crippen LogP contribution in [-0.2, 0) is 20.9 Å². The first-order valence-corrected chi connectivity index (χ1v) is 10.4. The Kier molecular flexibility index (Phi) is 7.21. The molecule has 2 aromatic carbocycles. The van der Waals surface area contributed by atoms with Gasteiger partial charge in [0.05, 0.1) is 6.08 Å². The van der Waals surface area contributed by atoms with Gasteiger partial charge in [0.15, 0.2) is 0 Å². The fraction of sp³-hybridized carbons (Fsp3) is 0.333. The third kappa shape index (κ3) is 4.66. The zero-order chi connectivity index (χ0) is 29.2. The third-order valence-electron chi connectivity index (χ3n) is 5.23. The molecule has 17 heteroatoms. The SMILES string of the molecule is FC(F)(F)/C=C1\OC(c2ccc(Cl)cc2)(C(F)(F)C(F)(F)F)OC1(c1ccc(Cl)cc1)C(F)(F)C(F)(F)F. The number of rotatable bonds is 4. The van der Waals surface area contributed by atoms with Crippen LogP contribution in [0.25, 0.3) is 0 Å². The molecule has 0 spiro atoms. The van der Waals surface area contributed by atoms with Gasteiger partial charge in [-0.3, -0.25) is 0 Å². The molecule has 3 rings (SSSR count). The van der Waals surface area contributed by atoms with E-state index >= 15 is 17.6 Å². The maximum atomic E-state index is 15.2. The largest absolute Gasteiger partial charge is 0.460 e. The lowest BCUT2D eigenvalue weighted by Crippen LogP contribution is -2.60. The van der Waals surface area contributed by atoms with E-state index in [4.69, 9.17) is 23.2 Å². The van der Waals surface area contributed by atoms with Gasteiger partial charge in [0.2, 0.25) is 5.60 Å². The molecular formula is C21H9Cl2F13O2. The molecule has 1 fully saturated rings. The molecule has 1 aliphatic heterocycles. The molecule has 0 amide bonds. The Labute approximate surface area is 213 Å². The number of halogens is 15. The molecule has 0 radical (unpaired) electrons. The molecule has 2 unspecified atom stereocenters. The smallest absolute Gasteiger partial charge is 0.452 e. The van der Waals surface area contributed by atoms with E-state index in [9.17, 15) is 39.5 Å². The van der Waals surface area contributed by atoms with Gasteiger partial charge in [-0.05, 0) is 29.8 Å². The van der Waals surface area contributed by atoms with Gasteiger partial charge in [-0.15, -0.1) is 0 Å². The molecule has 1 heterocycles. The van der Waals surface area contributed by atoms with Gasteiger partial charge in [-0.1, -0.05) is 47.5 Å². The third-order valence-corrected chi connectivity index (χ3v) is 5.74. The summed E-state index contributed by atoms with van der Waals surface area (Å²) in [6.07, 6.45) is -21.0. The minimum Gasteiger partial charge on any atom is -0.452 e. The first kappa shape index (κ1) is 30.2. The Morgan fingerprint density at radius 3 is 1.34 bits per heavy atom. The maximum Gasteiger partial charge on any atom is 0.460 e. The Hall–Kier alpha value is -2.39. The predicted molar refractivity (Wildman–Crippen MR) is 105 cm³/mol. The number of alkyl halides is 13. The van der Waals surface area contributed by atoms with Crippen molar-refractivity contribution in [3.8, 4) is 0 Å². The summed E-state index contributed by atoms with van der Waals surface area (Å²) in [6, 6.07) is 3.27. The maximum absolute atomic E-state index is 15.2. The molecule has 0 aromatic heterocycles. The van der Waals surface area contributed by atoms with Crippen LogP contribution in [0.5, 0.6) is 0 Å². The second-order valence-electron chi connectivity index (χ2n) is 7.71. The van der Waals surface area contributed by atoms with Gasteiger partial charge in [0, 0.05) is 15.6 Å². The molecule has 2 atom stereocenters. The number of benzene rings is 2. The van der Waals surface area contributed by atoms with E-state index in [0.717, 1.165) is 0 Å². The molecule has 2 nitrogen and oxygen atoms in total. The van der Waals surface area contributed by atoms with Crippen LogP contribution in [0.15, 0.2) is 60.4 Å². The van der Waals surface area contributed by atoms with Crippen LogP contribution in [0.3, 0.4) is 0 Å². The lowest BCUT2D eigenvalue weighted by atomic mass is 9.84. The van der Waals surface area contributed by atoms with E-state index in [0.29, 0.717) is 24.3 Å². The number of ether oxygens (including phenoxy) is 2. The van der Waals surface area contributed by atoms with Crippen molar-refractivity contribution in [1.82, 2.24) is 0 Å². The van der Waals surface area contributed by atoms with Crippen molar-refractivity contribution in [3.05, 3.63) is 81.5 Å². The summed E-state index contributed by atoms with van der Waals surface area (Å²) >= 11 is 11.1. The summed E-state index contributed by atoms with van der Waals surface area (Å²) in [7, 11) is 0. The molecule has 1 aliphatic rings. The molecule has 1 saturated heterocycles. The molecule has 0 aliphatic carbocycles. The summed E-state index contributed by atoms with van der Waals surface area (Å²) in [6.45, 7) is 0. The first-order chi connectivity index (χ1) is 17.0. The normalized spacial score (nSPS) is 24.6. The monoisotopic (exact) mass is 610 g/mol. The van der Waals surface area contributed by atoms with Crippen molar-refractivity contribution in [1.29, 1.82) is 0 Å². The van der Waals surface area contributed by atoms with Crippen LogP contribution in [0.2, 0.25) is 10.0 Å². The summed E-state index contributed by atoms with van der Waals surface area (Å²) < 4.78 is 191. The van der Waals surface area contributed by atoms with Gasteiger partial charge in [-0.25, -0.2) is 0 Å². The summed E-state index contributed by atoms with van der Waals surface area (Å²) in [5, 5.41) is -0.739. The Bertz CT molecular complexity index is 1200. The van der Waals surface area contributed by atoms with E-state index in [2.05, 4.69) is 9.47 Å². The van der Waals surface area contributed by atoms with Crippen molar-refractivity contribution < 1.29 is 66.5 Å². The van der Waals surface area contributed by atoms with Gasteiger partial charge >= 0.3 is 36.2 Å². The minimum atomic E-state index is -6.88. The fourth-order valence-electron chi connectivity index (χ4n) is 3.56. The van der Waals surface area contributed by atoms with E-state index in [1.807, 2.05) is 0 Å². The van der Waals surface area contributed by atoms with Crippen molar-refractivity contribution in [2.24, 2.45) is 0 Å². The Morgan fingerprint density at radius 1 is 0.579 bits per heavy atom. The highest BCUT2D eigenvalue weighted by atomic mass is 35.5. The standard InChI is InChI=1S/C21H9Cl2F13O2/c22-12-5-1-10(2-6-12)16(18(27,28)20(31,32)33)14(9-15(24,25)26)37-17(38-16,19(29,30)21(34,35)36)11-3-7-13(23)8-4-11/h1-9H/b14-9-. The van der Waals surface area contributed by atoms with Crippen LogP contribution in [0.1, 0.15) is 11.1 Å². The first-order valence-electron chi connectivity index (χ1n) is 9.62. The lowest BCUT2D eigenvalue weighted by molar-refractivity contribution is -0.423. The Balaban J connectivity index is 2.57. The second kappa shape index (κ2) is 9.08. The molecule has 0 N–H and O–H groups in total. The molecule has 0 saturated carbocycles. The summed E-state index contributed by atoms with van der Waals surface area (Å²) in [5.74, 6) is -20.9. The lowest BCUT2D eigenvalue weighted by Gasteiger charge is -2.40.